The van der Waals surface area contributed by atoms with Gasteiger partial charge < -0.3 is 5.32 Å². The third-order valence-corrected chi connectivity index (χ3v) is 7.70. The summed E-state index contributed by atoms with van der Waals surface area (Å²) in [5.41, 5.74) is 3.55. The molecule has 0 atom stereocenters. The van der Waals surface area contributed by atoms with Crippen molar-refractivity contribution in [3.63, 3.8) is 0 Å². The molecule has 2 aromatic carbocycles. The molecule has 0 bridgehead atoms. The second kappa shape index (κ2) is 8.42. The molecule has 0 radical (unpaired) electrons. The molecule has 0 saturated carbocycles. The predicted octanol–water partition coefficient (Wildman–Crippen LogP) is 5.32. The van der Waals surface area contributed by atoms with Gasteiger partial charge in [-0.15, -0.1) is 23.5 Å². The zero-order valence-corrected chi connectivity index (χ0v) is 16.9. The lowest BCUT2D eigenvalue weighted by molar-refractivity contribution is 0.102. The Bertz CT molecular complexity index is 954. The Morgan fingerprint density at radius 1 is 1.19 bits per heavy atom. The number of nitrogens with zero attached hydrogens (tertiary/aromatic N) is 2. The highest BCUT2D eigenvalue weighted by Gasteiger charge is 2.18. The molecule has 0 spiro atoms. The van der Waals surface area contributed by atoms with Crippen LogP contribution >= 0.6 is 35.1 Å². The summed E-state index contributed by atoms with van der Waals surface area (Å²) in [5.74, 6) is 2.19. The van der Waals surface area contributed by atoms with Gasteiger partial charge in [-0.25, -0.2) is 0 Å². The first-order chi connectivity index (χ1) is 13.2. The summed E-state index contributed by atoms with van der Waals surface area (Å²) < 4.78 is 2.18. The van der Waals surface area contributed by atoms with Crippen molar-refractivity contribution in [3.8, 4) is 0 Å². The second-order valence-corrected chi connectivity index (χ2v) is 9.30. The molecule has 1 aromatic heterocycles. The van der Waals surface area contributed by atoms with E-state index in [4.69, 9.17) is 11.6 Å². The number of anilines is 1. The summed E-state index contributed by atoms with van der Waals surface area (Å²) in [5, 5.41) is 7.95. The van der Waals surface area contributed by atoms with Gasteiger partial charge in [-0.05, 0) is 29.3 Å². The molecular formula is C20H18ClN3OS2. The third-order valence-electron chi connectivity index (χ3n) is 4.22. The van der Waals surface area contributed by atoms with E-state index in [1.54, 1.807) is 17.1 Å². The Morgan fingerprint density at radius 3 is 2.81 bits per heavy atom. The van der Waals surface area contributed by atoms with Gasteiger partial charge in [-0.3, -0.25) is 9.48 Å². The van der Waals surface area contributed by atoms with Gasteiger partial charge in [0, 0.05) is 28.4 Å². The van der Waals surface area contributed by atoms with Gasteiger partial charge >= 0.3 is 0 Å². The Kier molecular flexibility index (Phi) is 5.76. The maximum atomic E-state index is 12.6. The van der Waals surface area contributed by atoms with E-state index < -0.39 is 0 Å². The Hall–Kier alpha value is -1.89. The van der Waals surface area contributed by atoms with Crippen LogP contribution in [0.4, 0.5) is 5.69 Å². The summed E-state index contributed by atoms with van der Waals surface area (Å²) in [4.78, 5) is 12.6. The largest absolute Gasteiger partial charge is 0.322 e. The molecule has 4 nitrogen and oxygen atoms in total. The number of rotatable bonds is 5. The summed E-state index contributed by atoms with van der Waals surface area (Å²) in [6, 6.07) is 15.7. The van der Waals surface area contributed by atoms with Crippen molar-refractivity contribution in [1.82, 2.24) is 9.78 Å². The molecule has 27 heavy (non-hydrogen) atoms. The van der Waals surface area contributed by atoms with E-state index in [2.05, 4.69) is 22.5 Å². The fraction of sp³-hybridized carbons (Fsp3) is 0.200. The lowest BCUT2D eigenvalue weighted by Crippen LogP contribution is -2.11. The fourth-order valence-corrected chi connectivity index (χ4v) is 5.92. The number of aromatic nitrogens is 2. The van der Waals surface area contributed by atoms with E-state index in [9.17, 15) is 4.79 Å². The molecule has 1 aliphatic heterocycles. The smallest absolute Gasteiger partial charge is 0.258 e. The minimum absolute atomic E-state index is 0.163. The highest BCUT2D eigenvalue weighted by Crippen LogP contribution is 2.45. The SMILES string of the molecule is O=C(Nc1cccc(C2SCCS2)c1)c1cnn(Cc2ccccc2Cl)c1. The number of hydrogen-bond donors (Lipinski definition) is 1. The molecule has 1 N–H and O–H groups in total. The number of amides is 1. The van der Waals surface area contributed by atoms with Gasteiger partial charge in [0.2, 0.25) is 0 Å². The van der Waals surface area contributed by atoms with E-state index >= 15 is 0 Å². The number of halogens is 1. The van der Waals surface area contributed by atoms with E-state index in [0.717, 1.165) is 11.3 Å². The molecule has 0 unspecified atom stereocenters. The van der Waals surface area contributed by atoms with Crippen LogP contribution in [0.5, 0.6) is 0 Å². The van der Waals surface area contributed by atoms with Crippen LogP contribution in [0.15, 0.2) is 60.9 Å². The van der Waals surface area contributed by atoms with Crippen LogP contribution in [0.3, 0.4) is 0 Å². The Balaban J connectivity index is 1.44. The minimum atomic E-state index is -0.163. The van der Waals surface area contributed by atoms with Gasteiger partial charge in [0.1, 0.15) is 0 Å². The van der Waals surface area contributed by atoms with E-state index in [0.29, 0.717) is 21.7 Å². The Labute approximate surface area is 171 Å². The van der Waals surface area contributed by atoms with Crippen molar-refractivity contribution in [1.29, 1.82) is 0 Å². The maximum Gasteiger partial charge on any atom is 0.258 e. The third kappa shape index (κ3) is 4.51. The van der Waals surface area contributed by atoms with Crippen LogP contribution in [0.25, 0.3) is 0 Å². The number of carbonyl (C=O) groups excluding carboxylic acids is 1. The maximum absolute atomic E-state index is 12.6. The zero-order chi connectivity index (χ0) is 18.6. The summed E-state index contributed by atoms with van der Waals surface area (Å²) in [6.07, 6.45) is 3.32. The highest BCUT2D eigenvalue weighted by molar-refractivity contribution is 8.19. The first kappa shape index (κ1) is 18.5. The van der Waals surface area contributed by atoms with Crippen LogP contribution in [0.1, 0.15) is 26.1 Å². The Morgan fingerprint density at radius 2 is 2.00 bits per heavy atom. The standard InChI is InChI=1S/C20H18ClN3OS2/c21-18-7-2-1-4-15(18)12-24-13-16(11-22-24)19(25)23-17-6-3-5-14(10-17)20-26-8-9-27-20/h1-7,10-11,13,20H,8-9,12H2,(H,23,25). The zero-order valence-electron chi connectivity index (χ0n) is 14.5. The molecule has 3 aromatic rings. The molecule has 138 valence electrons. The van der Waals surface area contributed by atoms with Gasteiger partial charge in [0.05, 0.1) is 22.9 Å². The van der Waals surface area contributed by atoms with Crippen LogP contribution in [-0.2, 0) is 6.54 Å². The molecule has 0 aliphatic carbocycles. The quantitative estimate of drug-likeness (QED) is 0.612. The molecule has 7 heteroatoms. The first-order valence-electron chi connectivity index (χ1n) is 8.59. The van der Waals surface area contributed by atoms with Crippen LogP contribution in [0, 0.1) is 0 Å². The van der Waals surface area contributed by atoms with Gasteiger partial charge in [-0.2, -0.15) is 5.10 Å². The molecule has 1 fully saturated rings. The predicted molar refractivity (Wildman–Crippen MR) is 115 cm³/mol. The summed E-state index contributed by atoms with van der Waals surface area (Å²) >= 11 is 10.1. The second-order valence-electron chi connectivity index (χ2n) is 6.17. The van der Waals surface area contributed by atoms with Gasteiger partial charge in [0.25, 0.3) is 5.91 Å². The van der Waals surface area contributed by atoms with Gasteiger partial charge in [-0.1, -0.05) is 41.9 Å². The van der Waals surface area contributed by atoms with E-state index in [1.807, 2.05) is 59.9 Å². The van der Waals surface area contributed by atoms with E-state index in [-0.39, 0.29) is 5.91 Å². The fourth-order valence-electron chi connectivity index (χ4n) is 2.89. The summed E-state index contributed by atoms with van der Waals surface area (Å²) in [6.45, 7) is 0.526. The monoisotopic (exact) mass is 415 g/mol. The minimum Gasteiger partial charge on any atom is -0.322 e. The van der Waals surface area contributed by atoms with Crippen molar-refractivity contribution in [2.24, 2.45) is 0 Å². The number of benzene rings is 2. The van der Waals surface area contributed by atoms with Crippen molar-refractivity contribution in [3.05, 3.63) is 82.6 Å². The lowest BCUT2D eigenvalue weighted by Gasteiger charge is -2.10. The number of carbonyl (C=O) groups is 1. The first-order valence-corrected chi connectivity index (χ1v) is 11.1. The van der Waals surface area contributed by atoms with Gasteiger partial charge in [0.15, 0.2) is 0 Å². The molecule has 4 rings (SSSR count). The van der Waals surface area contributed by atoms with Crippen molar-refractivity contribution in [2.45, 2.75) is 11.1 Å². The molecule has 1 saturated heterocycles. The van der Waals surface area contributed by atoms with Crippen LogP contribution in [-0.4, -0.2) is 27.2 Å². The van der Waals surface area contributed by atoms with Crippen molar-refractivity contribution in [2.75, 3.05) is 16.8 Å². The lowest BCUT2D eigenvalue weighted by atomic mass is 10.2. The van der Waals surface area contributed by atoms with Crippen molar-refractivity contribution < 1.29 is 4.79 Å². The normalized spacial score (nSPS) is 14.4. The summed E-state index contributed by atoms with van der Waals surface area (Å²) in [7, 11) is 0. The molecular weight excluding hydrogens is 398 g/mol. The number of nitrogens with one attached hydrogen (secondary N) is 1. The topological polar surface area (TPSA) is 46.9 Å². The number of hydrogen-bond acceptors (Lipinski definition) is 4. The average Bonchev–Trinajstić information content (AvgIpc) is 3.36. The van der Waals surface area contributed by atoms with Crippen LogP contribution < -0.4 is 5.32 Å². The van der Waals surface area contributed by atoms with Crippen LogP contribution in [0.2, 0.25) is 5.02 Å². The molecule has 1 amide bonds. The average molecular weight is 416 g/mol. The molecule has 2 heterocycles. The molecule has 1 aliphatic rings. The van der Waals surface area contributed by atoms with E-state index in [1.165, 1.54) is 17.1 Å². The number of thioether (sulfide) groups is 2. The van der Waals surface area contributed by atoms with Crippen molar-refractivity contribution >= 4 is 46.7 Å². The highest BCUT2D eigenvalue weighted by atomic mass is 35.5.